The molecule has 0 bridgehead atoms. The second-order valence-corrected chi connectivity index (χ2v) is 9.46. The molecule has 8 heteroatoms. The molecule has 0 amide bonds. The van der Waals surface area contributed by atoms with E-state index in [9.17, 15) is 0 Å². The van der Waals surface area contributed by atoms with Crippen LogP contribution in [0.1, 0.15) is 37.9 Å². The molecule has 1 aliphatic rings. The summed E-state index contributed by atoms with van der Waals surface area (Å²) in [6, 6.07) is 4.66. The van der Waals surface area contributed by atoms with Crippen molar-refractivity contribution in [3.05, 3.63) is 62.0 Å². The lowest BCUT2D eigenvalue weighted by Crippen LogP contribution is -2.39. The van der Waals surface area contributed by atoms with Gasteiger partial charge in [-0.1, -0.05) is 23.8 Å². The Morgan fingerprint density at radius 2 is 2.13 bits per heavy atom. The van der Waals surface area contributed by atoms with Crippen LogP contribution in [0.4, 0.5) is 5.82 Å². The minimum Gasteiger partial charge on any atom is -0.367 e. The first-order valence-electron chi connectivity index (χ1n) is 10.1. The summed E-state index contributed by atoms with van der Waals surface area (Å²) >= 11 is 11.8. The Balaban J connectivity index is 1.54. The van der Waals surface area contributed by atoms with Gasteiger partial charge in [0, 0.05) is 42.3 Å². The van der Waals surface area contributed by atoms with Crippen LogP contribution in [0.2, 0.25) is 0 Å². The maximum absolute atomic E-state index is 6.44. The molecule has 0 atom stereocenters. The number of aromatic nitrogens is 3. The van der Waals surface area contributed by atoms with Crippen molar-refractivity contribution in [3.63, 3.8) is 0 Å². The highest BCUT2D eigenvalue weighted by molar-refractivity contribution is 9.10. The van der Waals surface area contributed by atoms with Crippen LogP contribution < -0.4 is 5.32 Å². The molecule has 1 N–H and O–H groups in total. The minimum atomic E-state index is 0.399. The Morgan fingerprint density at radius 3 is 2.80 bits per heavy atom. The van der Waals surface area contributed by atoms with Crippen LogP contribution in [-0.2, 0) is 6.54 Å². The SMILES string of the molecule is C/C=C(\C(Cl)=C/C)c1cc(NC2CCN(Cc3ccsc3)CC2)n2ncc(Br)c2n1. The number of halogens is 2. The summed E-state index contributed by atoms with van der Waals surface area (Å²) in [7, 11) is 0. The molecule has 30 heavy (non-hydrogen) atoms. The van der Waals surface area contributed by atoms with E-state index in [0.717, 1.165) is 59.7 Å². The lowest BCUT2D eigenvalue weighted by atomic mass is 10.0. The molecule has 4 heterocycles. The van der Waals surface area contributed by atoms with Gasteiger partial charge >= 0.3 is 0 Å². The average molecular weight is 507 g/mol. The lowest BCUT2D eigenvalue weighted by Gasteiger charge is -2.32. The van der Waals surface area contributed by atoms with Crippen LogP contribution in [0.3, 0.4) is 0 Å². The van der Waals surface area contributed by atoms with Gasteiger partial charge in [0.05, 0.1) is 16.4 Å². The third kappa shape index (κ3) is 4.64. The maximum atomic E-state index is 6.44. The van der Waals surface area contributed by atoms with Crippen LogP contribution in [0.5, 0.6) is 0 Å². The number of fused-ring (bicyclic) bond motifs is 1. The van der Waals surface area contributed by atoms with Gasteiger partial charge in [-0.05, 0) is 65.0 Å². The van der Waals surface area contributed by atoms with Crippen molar-refractivity contribution < 1.29 is 0 Å². The molecule has 0 saturated carbocycles. The molecule has 3 aromatic rings. The molecular weight excluding hydrogens is 482 g/mol. The van der Waals surface area contributed by atoms with Crippen molar-refractivity contribution in [2.75, 3.05) is 18.4 Å². The first-order valence-corrected chi connectivity index (χ1v) is 12.2. The molecule has 1 fully saturated rings. The Kier molecular flexibility index (Phi) is 6.93. The minimum absolute atomic E-state index is 0.399. The number of allylic oxidation sites excluding steroid dienone is 4. The van der Waals surface area contributed by atoms with Gasteiger partial charge in [0.1, 0.15) is 5.82 Å². The third-order valence-corrected chi connectivity index (χ3v) is 7.14. The number of nitrogens with one attached hydrogen (secondary N) is 1. The molecule has 5 nitrogen and oxygen atoms in total. The van der Waals surface area contributed by atoms with Gasteiger partial charge in [0.15, 0.2) is 5.65 Å². The van der Waals surface area contributed by atoms with Gasteiger partial charge in [-0.2, -0.15) is 21.0 Å². The number of rotatable bonds is 6. The predicted octanol–water partition coefficient (Wildman–Crippen LogP) is 6.18. The molecule has 4 rings (SSSR count). The van der Waals surface area contributed by atoms with Crippen LogP contribution in [0.25, 0.3) is 11.2 Å². The summed E-state index contributed by atoms with van der Waals surface area (Å²) in [6.07, 6.45) is 7.87. The molecule has 1 aliphatic heterocycles. The smallest absolute Gasteiger partial charge is 0.172 e. The van der Waals surface area contributed by atoms with E-state index in [1.165, 1.54) is 5.56 Å². The molecule has 0 unspecified atom stereocenters. The first kappa shape index (κ1) is 21.6. The van der Waals surface area contributed by atoms with Crippen LogP contribution in [0, 0.1) is 0 Å². The second-order valence-electron chi connectivity index (χ2n) is 7.42. The maximum Gasteiger partial charge on any atom is 0.172 e. The standard InChI is InChI=1S/C22H25BrClN5S/c1-3-17(19(24)4-2)20-11-21(29-22(27-20)18(23)12-25-29)26-16-5-8-28(9-6-16)13-15-7-10-30-14-15/h3-4,7,10-12,14,16,26H,5-6,8-9,13H2,1-2H3/b17-3+,19-4+. The monoisotopic (exact) mass is 505 g/mol. The van der Waals surface area contributed by atoms with Gasteiger partial charge in [-0.15, -0.1) is 0 Å². The first-order chi connectivity index (χ1) is 14.6. The molecule has 0 aromatic carbocycles. The van der Waals surface area contributed by atoms with E-state index in [1.54, 1.807) is 17.5 Å². The Morgan fingerprint density at radius 1 is 1.33 bits per heavy atom. The van der Waals surface area contributed by atoms with E-state index >= 15 is 0 Å². The molecule has 158 valence electrons. The Bertz CT molecular complexity index is 1060. The zero-order valence-corrected chi connectivity index (χ0v) is 20.3. The fourth-order valence-electron chi connectivity index (χ4n) is 3.83. The topological polar surface area (TPSA) is 45.5 Å². The fourth-order valence-corrected chi connectivity index (χ4v) is 5.04. The predicted molar refractivity (Wildman–Crippen MR) is 130 cm³/mol. The summed E-state index contributed by atoms with van der Waals surface area (Å²) in [5.74, 6) is 0.942. The normalized spacial score (nSPS) is 17.1. The number of hydrogen-bond acceptors (Lipinski definition) is 5. The highest BCUT2D eigenvalue weighted by Crippen LogP contribution is 2.30. The van der Waals surface area contributed by atoms with E-state index in [1.807, 2.05) is 36.6 Å². The van der Waals surface area contributed by atoms with E-state index < -0.39 is 0 Å². The molecule has 0 spiro atoms. The zero-order valence-electron chi connectivity index (χ0n) is 17.1. The Labute approximate surface area is 194 Å². The van der Waals surface area contributed by atoms with Crippen molar-refractivity contribution in [3.8, 4) is 0 Å². The average Bonchev–Trinajstić information content (AvgIpc) is 3.40. The summed E-state index contributed by atoms with van der Waals surface area (Å²) in [5, 5.41) is 13.3. The second kappa shape index (κ2) is 9.64. The summed E-state index contributed by atoms with van der Waals surface area (Å²) in [4.78, 5) is 7.33. The van der Waals surface area contributed by atoms with Crippen molar-refractivity contribution in [2.24, 2.45) is 0 Å². The van der Waals surface area contributed by atoms with Crippen molar-refractivity contribution in [2.45, 2.75) is 39.3 Å². The van der Waals surface area contributed by atoms with Gasteiger partial charge < -0.3 is 5.32 Å². The fraction of sp³-hybridized carbons (Fsp3) is 0.364. The van der Waals surface area contributed by atoms with Crippen molar-refractivity contribution in [1.82, 2.24) is 19.5 Å². The highest BCUT2D eigenvalue weighted by atomic mass is 79.9. The molecular formula is C22H25BrClN5S. The van der Waals surface area contributed by atoms with Crippen LogP contribution in [-0.4, -0.2) is 38.6 Å². The van der Waals surface area contributed by atoms with Crippen LogP contribution >= 0.6 is 38.9 Å². The summed E-state index contributed by atoms with van der Waals surface area (Å²) in [6.45, 7) is 7.12. The number of thiophene rings is 1. The van der Waals surface area contributed by atoms with Crippen molar-refractivity contribution in [1.29, 1.82) is 0 Å². The van der Waals surface area contributed by atoms with E-state index in [4.69, 9.17) is 16.6 Å². The largest absolute Gasteiger partial charge is 0.367 e. The third-order valence-electron chi connectivity index (χ3n) is 5.43. The molecule has 0 radical (unpaired) electrons. The van der Waals surface area contributed by atoms with Crippen molar-refractivity contribution >= 4 is 55.9 Å². The number of likely N-dealkylation sites (tertiary alicyclic amines) is 1. The number of piperidine rings is 1. The van der Waals surface area contributed by atoms with Gasteiger partial charge in [0.25, 0.3) is 0 Å². The number of anilines is 1. The van der Waals surface area contributed by atoms with Gasteiger partial charge in [-0.25, -0.2) is 4.98 Å². The molecule has 0 aliphatic carbocycles. The lowest BCUT2D eigenvalue weighted by molar-refractivity contribution is 0.211. The molecule has 1 saturated heterocycles. The highest BCUT2D eigenvalue weighted by Gasteiger charge is 2.21. The Hall–Kier alpha value is -1.67. The molecule has 3 aromatic heterocycles. The van der Waals surface area contributed by atoms with Gasteiger partial charge in [-0.3, -0.25) is 4.90 Å². The summed E-state index contributed by atoms with van der Waals surface area (Å²) < 4.78 is 2.73. The number of nitrogens with zero attached hydrogens (tertiary/aromatic N) is 4. The number of hydrogen-bond donors (Lipinski definition) is 1. The zero-order chi connectivity index (χ0) is 21.1. The van der Waals surface area contributed by atoms with E-state index in [0.29, 0.717) is 11.1 Å². The van der Waals surface area contributed by atoms with E-state index in [2.05, 4.69) is 48.1 Å². The van der Waals surface area contributed by atoms with Gasteiger partial charge in [0.2, 0.25) is 0 Å². The van der Waals surface area contributed by atoms with E-state index in [-0.39, 0.29) is 0 Å². The van der Waals surface area contributed by atoms with Crippen LogP contribution in [0.15, 0.2) is 50.7 Å². The summed E-state index contributed by atoms with van der Waals surface area (Å²) in [5.41, 5.74) is 3.95. The quantitative estimate of drug-likeness (QED) is 0.406.